The van der Waals surface area contributed by atoms with Crippen LogP contribution < -0.4 is 0 Å². The summed E-state index contributed by atoms with van der Waals surface area (Å²) in [5.41, 5.74) is 0. The molecule has 20 valence electrons. The average Bonchev–Trinajstić information content (AvgIpc) is 0.811. The van der Waals surface area contributed by atoms with E-state index in [1.165, 1.54) is 16.5 Å². The van der Waals surface area contributed by atoms with Crippen molar-refractivity contribution in [1.82, 2.24) is 0 Å². The largest absolute Gasteiger partial charge is 0.828 e. The van der Waals surface area contributed by atoms with Crippen molar-refractivity contribution in [3.63, 3.8) is 0 Å². The average molecular weight is 73.0 g/mol. The summed E-state index contributed by atoms with van der Waals surface area (Å²) in [6, 6.07) is 0. The summed E-state index contributed by atoms with van der Waals surface area (Å²) < 4.78 is -0.583. The van der Waals surface area contributed by atoms with Gasteiger partial charge in [0, 0.05) is 0 Å². The molecule has 4 heteroatoms. The molecule has 0 fully saturated rings. The van der Waals surface area contributed by atoms with Gasteiger partial charge < -0.3 is 10.1 Å². The third kappa shape index (κ3) is 368. The predicted octanol–water partition coefficient (Wildman–Crippen LogP) is -0.653. The molecular formula is AlNO2. The molecule has 0 spiro atoms. The first-order valence-corrected chi connectivity index (χ1v) is 1.14. The molecule has 0 rings (SSSR count). The Hall–Kier alpha value is -0.0675. The summed E-state index contributed by atoms with van der Waals surface area (Å²) >= 11 is 1.38. The Morgan fingerprint density at radius 3 is 2.00 bits per heavy atom. The maximum atomic E-state index is 8.77. The van der Waals surface area contributed by atoms with E-state index in [0.717, 1.165) is 0 Å². The molecule has 0 aromatic carbocycles. The first-order chi connectivity index (χ1) is 1.73. The minimum atomic E-state index is -0.583. The summed E-state index contributed by atoms with van der Waals surface area (Å²) in [5.74, 6) is 0. The van der Waals surface area contributed by atoms with Crippen LogP contribution in [0.2, 0.25) is 0 Å². The lowest BCUT2D eigenvalue weighted by molar-refractivity contribution is -0.312. The Labute approximate surface area is 31.4 Å². The Morgan fingerprint density at radius 2 is 2.00 bits per heavy atom. The molecule has 0 aliphatic carbocycles. The fourth-order valence-corrected chi connectivity index (χ4v) is 0. The Kier molecular flexibility index (Phi) is 1.25. The Morgan fingerprint density at radius 1 is 2.00 bits per heavy atom. The van der Waals surface area contributed by atoms with Crippen LogP contribution in [0.5, 0.6) is 0 Å². The SMILES string of the molecule is O=[N+]([O-])[Al]. The van der Waals surface area contributed by atoms with E-state index >= 15 is 0 Å². The minimum absolute atomic E-state index is 0.583. The Balaban J connectivity index is 2.80. The summed E-state index contributed by atoms with van der Waals surface area (Å²) in [6.45, 7) is 0. The molecule has 0 N–H and O–H groups in total. The fraction of sp³-hybridized carbons (Fsp3) is 0. The van der Waals surface area contributed by atoms with Crippen LogP contribution in [0.1, 0.15) is 0 Å². The highest BCUT2D eigenvalue weighted by Gasteiger charge is 1.71. The van der Waals surface area contributed by atoms with Crippen molar-refractivity contribution in [2.45, 2.75) is 0 Å². The molecule has 0 aromatic rings. The summed E-state index contributed by atoms with van der Waals surface area (Å²) in [7, 11) is 0. The standard InChI is InChI=1S/Al.NO2/c;2-1-3. The maximum absolute atomic E-state index is 8.77. The topological polar surface area (TPSA) is 43.1 Å². The normalized spacial score (nSPS) is 6.00. The van der Waals surface area contributed by atoms with E-state index in [-0.39, 0.29) is 0 Å². The zero-order chi connectivity index (χ0) is 3.58. The van der Waals surface area contributed by atoms with Crippen LogP contribution in [-0.2, 0) is 0 Å². The molecule has 0 saturated heterocycles. The number of nitro groups is 1. The van der Waals surface area contributed by atoms with Crippen LogP contribution in [0.4, 0.5) is 0 Å². The molecule has 0 aliphatic heterocycles. The molecule has 0 aromatic heterocycles. The molecule has 0 saturated carbocycles. The van der Waals surface area contributed by atoms with Gasteiger partial charge in [-0.3, -0.25) is 0 Å². The van der Waals surface area contributed by atoms with Crippen molar-refractivity contribution in [1.29, 1.82) is 0 Å². The van der Waals surface area contributed by atoms with E-state index in [4.69, 9.17) is 10.1 Å². The summed E-state index contributed by atoms with van der Waals surface area (Å²) in [4.78, 5) is 8.77. The van der Waals surface area contributed by atoms with Crippen molar-refractivity contribution >= 4 is 16.5 Å². The van der Waals surface area contributed by atoms with E-state index in [1.54, 1.807) is 0 Å². The molecule has 0 amide bonds. The van der Waals surface area contributed by atoms with Crippen LogP contribution in [0.15, 0.2) is 0 Å². The van der Waals surface area contributed by atoms with Gasteiger partial charge in [0.15, 0.2) is 0 Å². The predicted molar refractivity (Wildman–Crippen MR) is 12.7 cm³/mol. The number of hydrogen-bond acceptors (Lipinski definition) is 2. The monoisotopic (exact) mass is 73.0 g/mol. The van der Waals surface area contributed by atoms with Gasteiger partial charge in [-0.1, -0.05) is 0 Å². The van der Waals surface area contributed by atoms with Crippen LogP contribution in [-0.4, -0.2) is 20.4 Å². The first kappa shape index (κ1) is 3.93. The van der Waals surface area contributed by atoms with Crippen LogP contribution in [0.25, 0.3) is 0 Å². The van der Waals surface area contributed by atoms with Gasteiger partial charge in [-0.2, -0.15) is 3.91 Å². The second kappa shape index (κ2) is 1.27. The third-order valence-corrected chi connectivity index (χ3v) is 0. The van der Waals surface area contributed by atoms with Gasteiger partial charge in [0.05, 0.1) is 0 Å². The van der Waals surface area contributed by atoms with Crippen LogP contribution in [0, 0.1) is 10.1 Å². The van der Waals surface area contributed by atoms with E-state index in [2.05, 4.69) is 0 Å². The highest BCUT2D eigenvalue weighted by Crippen LogP contribution is 1.36. The van der Waals surface area contributed by atoms with E-state index in [0.29, 0.717) is 0 Å². The maximum Gasteiger partial charge on any atom is 0.828 e. The number of nitrogens with zero attached hydrogens (tertiary/aromatic N) is 1. The third-order valence-electron chi connectivity index (χ3n) is 0. The van der Waals surface area contributed by atoms with Gasteiger partial charge in [0.2, 0.25) is 0 Å². The van der Waals surface area contributed by atoms with Gasteiger partial charge in [0.1, 0.15) is 0 Å². The lowest BCUT2D eigenvalue weighted by Crippen LogP contribution is -1.83. The zero-order valence-electron chi connectivity index (χ0n) is 1.84. The van der Waals surface area contributed by atoms with Crippen molar-refractivity contribution in [2.24, 2.45) is 0 Å². The lowest BCUT2D eigenvalue weighted by atomic mass is 13.4. The molecular weight excluding hydrogens is 73.0 g/mol. The van der Waals surface area contributed by atoms with Crippen molar-refractivity contribution in [2.75, 3.05) is 0 Å². The minimum Gasteiger partial charge on any atom is -0.326 e. The molecule has 0 unspecified atom stereocenters. The van der Waals surface area contributed by atoms with E-state index < -0.39 is 3.91 Å². The second-order valence-corrected chi connectivity index (χ2v) is 0.707. The lowest BCUT2D eigenvalue weighted by Gasteiger charge is -1.68. The van der Waals surface area contributed by atoms with Gasteiger partial charge in [-0.15, -0.1) is 0 Å². The van der Waals surface area contributed by atoms with Crippen LogP contribution >= 0.6 is 0 Å². The second-order valence-electron chi connectivity index (χ2n) is 0.285. The van der Waals surface area contributed by atoms with E-state index in [1.807, 2.05) is 0 Å². The van der Waals surface area contributed by atoms with Gasteiger partial charge in [-0.25, -0.2) is 0 Å². The fourth-order valence-electron chi connectivity index (χ4n) is 0. The van der Waals surface area contributed by atoms with Crippen LogP contribution in [0.3, 0.4) is 0 Å². The summed E-state index contributed by atoms with van der Waals surface area (Å²) in [6.07, 6.45) is 0. The molecule has 4 heavy (non-hydrogen) atoms. The van der Waals surface area contributed by atoms with Crippen molar-refractivity contribution in [3.05, 3.63) is 10.1 Å². The Bertz CT molecular complexity index is 29.0. The van der Waals surface area contributed by atoms with Crippen molar-refractivity contribution < 1.29 is 3.91 Å². The van der Waals surface area contributed by atoms with Gasteiger partial charge in [-0.05, 0) is 0 Å². The van der Waals surface area contributed by atoms with Gasteiger partial charge >= 0.3 is 16.5 Å². The number of hydrogen-bond donors (Lipinski definition) is 0. The molecule has 3 nitrogen and oxygen atoms in total. The quantitative estimate of drug-likeness (QED) is 0.217. The zero-order valence-corrected chi connectivity index (χ0v) is 3.00. The van der Waals surface area contributed by atoms with E-state index in [9.17, 15) is 0 Å². The smallest absolute Gasteiger partial charge is 0.326 e. The summed E-state index contributed by atoms with van der Waals surface area (Å²) in [5, 5.41) is 8.77. The molecule has 2 radical (unpaired) electrons. The number of rotatable bonds is 0. The highest BCUT2D eigenvalue weighted by molar-refractivity contribution is 5.95. The van der Waals surface area contributed by atoms with Gasteiger partial charge in [0.25, 0.3) is 0 Å². The molecule has 0 atom stereocenters. The molecule has 0 heterocycles. The first-order valence-electron chi connectivity index (χ1n) is 0.623. The molecule has 0 bridgehead atoms. The highest BCUT2D eigenvalue weighted by atomic mass is 27.1. The van der Waals surface area contributed by atoms with Crippen molar-refractivity contribution in [3.8, 4) is 0 Å². The molecule has 0 aliphatic rings.